The topological polar surface area (TPSA) is 21.6 Å². The molecule has 1 aliphatic heterocycles. The lowest BCUT2D eigenvalue weighted by Gasteiger charge is -1.94. The van der Waals surface area contributed by atoms with Crippen molar-refractivity contribution < 1.29 is 4.74 Å². The summed E-state index contributed by atoms with van der Waals surface area (Å²) in [6, 6.07) is 9.82. The minimum absolute atomic E-state index is 0.264. The molecular weight excluding hydrogens is 162 g/mol. The number of hydrogen-bond acceptors (Lipinski definition) is 2. The van der Waals surface area contributed by atoms with Crippen molar-refractivity contribution in [1.82, 2.24) is 0 Å². The largest absolute Gasteiger partial charge is 0.340 e. The van der Waals surface area contributed by atoms with Crippen LogP contribution in [-0.4, -0.2) is 19.0 Å². The molecule has 1 heterocycles. The summed E-state index contributed by atoms with van der Waals surface area (Å²) in [6.07, 6.45) is 1.48. The SMILES string of the molecule is C(#CC1N=CCO1)c1ccccc1. The van der Waals surface area contributed by atoms with E-state index in [0.717, 1.165) is 5.56 Å². The van der Waals surface area contributed by atoms with Gasteiger partial charge in [0.2, 0.25) is 6.23 Å². The summed E-state index contributed by atoms with van der Waals surface area (Å²) in [7, 11) is 0. The number of nitrogens with zero attached hydrogens (tertiary/aromatic N) is 1. The van der Waals surface area contributed by atoms with Crippen LogP contribution in [0.15, 0.2) is 35.3 Å². The van der Waals surface area contributed by atoms with Crippen LogP contribution in [0, 0.1) is 11.8 Å². The van der Waals surface area contributed by atoms with Gasteiger partial charge in [-0.1, -0.05) is 24.1 Å². The molecule has 1 aromatic rings. The highest BCUT2D eigenvalue weighted by molar-refractivity contribution is 5.61. The van der Waals surface area contributed by atoms with Gasteiger partial charge in [-0.3, -0.25) is 4.99 Å². The smallest absolute Gasteiger partial charge is 0.211 e. The molecule has 0 aliphatic carbocycles. The molecule has 0 N–H and O–H groups in total. The average molecular weight is 171 g/mol. The monoisotopic (exact) mass is 171 g/mol. The Bertz CT molecular complexity index is 359. The summed E-state index contributed by atoms with van der Waals surface area (Å²) < 4.78 is 5.18. The number of hydrogen-bond donors (Lipinski definition) is 0. The molecular formula is C11H9NO. The van der Waals surface area contributed by atoms with Crippen molar-refractivity contribution in [3.8, 4) is 11.8 Å². The fourth-order valence-corrected chi connectivity index (χ4v) is 1.06. The van der Waals surface area contributed by atoms with E-state index in [1.807, 2.05) is 30.3 Å². The Morgan fingerprint density at radius 1 is 1.31 bits per heavy atom. The van der Waals surface area contributed by atoms with Crippen LogP contribution in [0.2, 0.25) is 0 Å². The molecule has 0 spiro atoms. The maximum Gasteiger partial charge on any atom is 0.211 e. The molecule has 0 saturated heterocycles. The molecule has 64 valence electrons. The second-order valence-corrected chi connectivity index (χ2v) is 2.65. The third-order valence-corrected chi connectivity index (χ3v) is 1.68. The molecule has 1 atom stereocenters. The van der Waals surface area contributed by atoms with Gasteiger partial charge in [0.1, 0.15) is 0 Å². The first-order valence-electron chi connectivity index (χ1n) is 4.15. The van der Waals surface area contributed by atoms with Gasteiger partial charge in [-0.2, -0.15) is 0 Å². The van der Waals surface area contributed by atoms with E-state index in [0.29, 0.717) is 6.61 Å². The highest BCUT2D eigenvalue weighted by atomic mass is 16.5. The Hall–Kier alpha value is -1.59. The highest BCUT2D eigenvalue weighted by Crippen LogP contribution is 1.99. The molecule has 0 bridgehead atoms. The number of benzene rings is 1. The molecule has 0 saturated carbocycles. The summed E-state index contributed by atoms with van der Waals surface area (Å²) in [5.74, 6) is 5.93. The third kappa shape index (κ3) is 2.17. The molecule has 0 amide bonds. The van der Waals surface area contributed by atoms with E-state index in [-0.39, 0.29) is 6.23 Å². The first-order chi connectivity index (χ1) is 6.45. The Kier molecular flexibility index (Phi) is 2.40. The van der Waals surface area contributed by atoms with Gasteiger partial charge in [-0.15, -0.1) is 0 Å². The molecule has 2 nitrogen and oxygen atoms in total. The maximum absolute atomic E-state index is 5.18. The van der Waals surface area contributed by atoms with Crippen LogP contribution in [0.5, 0.6) is 0 Å². The van der Waals surface area contributed by atoms with E-state index in [4.69, 9.17) is 4.74 Å². The predicted molar refractivity (Wildman–Crippen MR) is 51.6 cm³/mol. The van der Waals surface area contributed by atoms with E-state index in [9.17, 15) is 0 Å². The molecule has 0 radical (unpaired) electrons. The lowest BCUT2D eigenvalue weighted by molar-refractivity contribution is 0.153. The van der Waals surface area contributed by atoms with Crippen molar-refractivity contribution in [1.29, 1.82) is 0 Å². The van der Waals surface area contributed by atoms with Gasteiger partial charge in [0.15, 0.2) is 0 Å². The van der Waals surface area contributed by atoms with Crippen LogP contribution >= 0.6 is 0 Å². The Labute approximate surface area is 77.3 Å². The van der Waals surface area contributed by atoms with Crippen LogP contribution < -0.4 is 0 Å². The van der Waals surface area contributed by atoms with Crippen molar-refractivity contribution >= 4 is 6.21 Å². The zero-order chi connectivity index (χ0) is 8.93. The second-order valence-electron chi connectivity index (χ2n) is 2.65. The molecule has 13 heavy (non-hydrogen) atoms. The lowest BCUT2D eigenvalue weighted by Crippen LogP contribution is -1.99. The summed E-state index contributed by atoms with van der Waals surface area (Å²) in [4.78, 5) is 4.03. The molecule has 1 aliphatic rings. The summed E-state index contributed by atoms with van der Waals surface area (Å²) in [5, 5.41) is 0. The number of aliphatic imine (C=N–C) groups is 1. The van der Waals surface area contributed by atoms with Crippen molar-refractivity contribution in [3.63, 3.8) is 0 Å². The van der Waals surface area contributed by atoms with Crippen LogP contribution in [0.3, 0.4) is 0 Å². The Balaban J connectivity index is 2.08. The van der Waals surface area contributed by atoms with Gasteiger partial charge in [-0.25, -0.2) is 0 Å². The molecule has 0 fully saturated rings. The van der Waals surface area contributed by atoms with Crippen LogP contribution in [0.1, 0.15) is 5.56 Å². The van der Waals surface area contributed by atoms with Gasteiger partial charge in [-0.05, 0) is 18.1 Å². The minimum atomic E-state index is -0.264. The quantitative estimate of drug-likeness (QED) is 0.541. The highest BCUT2D eigenvalue weighted by Gasteiger charge is 2.04. The van der Waals surface area contributed by atoms with Crippen LogP contribution in [0.25, 0.3) is 0 Å². The van der Waals surface area contributed by atoms with Crippen LogP contribution in [-0.2, 0) is 4.74 Å². The van der Waals surface area contributed by atoms with E-state index in [1.165, 1.54) is 0 Å². The van der Waals surface area contributed by atoms with E-state index < -0.39 is 0 Å². The van der Waals surface area contributed by atoms with Crippen molar-refractivity contribution in [2.45, 2.75) is 6.23 Å². The summed E-state index contributed by atoms with van der Waals surface area (Å²) in [5.41, 5.74) is 0.994. The number of ether oxygens (including phenoxy) is 1. The van der Waals surface area contributed by atoms with E-state index in [2.05, 4.69) is 16.8 Å². The predicted octanol–water partition coefficient (Wildman–Crippen LogP) is 1.47. The van der Waals surface area contributed by atoms with Crippen molar-refractivity contribution in [2.75, 3.05) is 6.61 Å². The van der Waals surface area contributed by atoms with Gasteiger partial charge in [0.05, 0.1) is 6.61 Å². The summed E-state index contributed by atoms with van der Waals surface area (Å²) in [6.45, 7) is 0.578. The van der Waals surface area contributed by atoms with E-state index in [1.54, 1.807) is 6.21 Å². The van der Waals surface area contributed by atoms with Gasteiger partial charge in [0.25, 0.3) is 0 Å². The number of rotatable bonds is 0. The van der Waals surface area contributed by atoms with Crippen molar-refractivity contribution in [2.24, 2.45) is 4.99 Å². The third-order valence-electron chi connectivity index (χ3n) is 1.68. The molecule has 2 heteroatoms. The fraction of sp³-hybridized carbons (Fsp3) is 0.182. The molecule has 0 aromatic heterocycles. The average Bonchev–Trinajstić information content (AvgIpc) is 2.69. The van der Waals surface area contributed by atoms with Crippen LogP contribution in [0.4, 0.5) is 0 Å². The zero-order valence-electron chi connectivity index (χ0n) is 7.10. The van der Waals surface area contributed by atoms with Gasteiger partial charge >= 0.3 is 0 Å². The first-order valence-corrected chi connectivity index (χ1v) is 4.15. The normalized spacial score (nSPS) is 19.5. The summed E-state index contributed by atoms with van der Waals surface area (Å²) >= 11 is 0. The Morgan fingerprint density at radius 3 is 2.85 bits per heavy atom. The molecule has 2 rings (SSSR count). The van der Waals surface area contributed by atoms with Gasteiger partial charge in [0, 0.05) is 11.8 Å². The molecule has 1 aromatic carbocycles. The Morgan fingerprint density at radius 2 is 2.15 bits per heavy atom. The second kappa shape index (κ2) is 3.88. The lowest BCUT2D eigenvalue weighted by atomic mass is 10.2. The van der Waals surface area contributed by atoms with Crippen molar-refractivity contribution in [3.05, 3.63) is 35.9 Å². The molecule has 1 unspecified atom stereocenters. The van der Waals surface area contributed by atoms with E-state index >= 15 is 0 Å². The minimum Gasteiger partial charge on any atom is -0.340 e. The zero-order valence-corrected chi connectivity index (χ0v) is 7.10. The first kappa shape index (κ1) is 8.03. The maximum atomic E-state index is 5.18. The standard InChI is InChI=1S/C11H9NO/c1-2-4-10(5-3-1)6-7-11-12-8-9-13-11/h1-5,8,11H,9H2. The fourth-order valence-electron chi connectivity index (χ4n) is 1.06. The van der Waals surface area contributed by atoms with Gasteiger partial charge < -0.3 is 4.74 Å².